The van der Waals surface area contributed by atoms with Crippen molar-refractivity contribution in [3.63, 3.8) is 0 Å². The second kappa shape index (κ2) is 9.87. The van der Waals surface area contributed by atoms with Gasteiger partial charge in [-0.3, -0.25) is 4.79 Å². The zero-order valence-electron chi connectivity index (χ0n) is 16.5. The van der Waals surface area contributed by atoms with Gasteiger partial charge >= 0.3 is 0 Å². The van der Waals surface area contributed by atoms with Crippen LogP contribution in [0.4, 0.5) is 5.69 Å². The zero-order valence-corrected chi connectivity index (χ0v) is 17.3. The summed E-state index contributed by atoms with van der Waals surface area (Å²) in [5.41, 5.74) is 1.03. The van der Waals surface area contributed by atoms with E-state index in [-0.39, 0.29) is 10.8 Å². The lowest BCUT2D eigenvalue weighted by Gasteiger charge is -2.26. The Labute approximate surface area is 171 Å². The number of carbonyl (C=O) groups is 1. The maximum absolute atomic E-state index is 12.6. The summed E-state index contributed by atoms with van der Waals surface area (Å²) in [4.78, 5) is 12.6. The predicted molar refractivity (Wildman–Crippen MR) is 111 cm³/mol. The van der Waals surface area contributed by atoms with Gasteiger partial charge in [0.2, 0.25) is 10.0 Å². The van der Waals surface area contributed by atoms with Gasteiger partial charge in [-0.15, -0.1) is 0 Å². The molecule has 3 rings (SSSR count). The van der Waals surface area contributed by atoms with Crippen LogP contribution in [0.3, 0.4) is 0 Å². The molecule has 2 aromatic rings. The largest absolute Gasteiger partial charge is 0.494 e. The summed E-state index contributed by atoms with van der Waals surface area (Å²) in [7, 11) is -3.55. The van der Waals surface area contributed by atoms with Crippen molar-refractivity contribution in [3.8, 4) is 5.75 Å². The molecule has 1 saturated heterocycles. The number of sulfonamides is 1. The van der Waals surface area contributed by atoms with Crippen molar-refractivity contribution in [3.05, 3.63) is 54.1 Å². The summed E-state index contributed by atoms with van der Waals surface area (Å²) in [6, 6.07) is 13.1. The molecule has 0 radical (unpaired) electrons. The summed E-state index contributed by atoms with van der Waals surface area (Å²) in [6.45, 7) is 4.24. The van der Waals surface area contributed by atoms with Crippen LogP contribution >= 0.6 is 0 Å². The van der Waals surface area contributed by atoms with Crippen LogP contribution in [0.15, 0.2) is 53.4 Å². The average Bonchev–Trinajstić information content (AvgIpc) is 2.75. The van der Waals surface area contributed by atoms with Gasteiger partial charge < -0.3 is 14.8 Å². The van der Waals surface area contributed by atoms with Crippen molar-refractivity contribution in [1.29, 1.82) is 0 Å². The Morgan fingerprint density at radius 2 is 1.72 bits per heavy atom. The fraction of sp³-hybridized carbons (Fsp3) is 0.381. The molecular weight excluding hydrogens is 392 g/mol. The maximum Gasteiger partial charge on any atom is 0.255 e. The summed E-state index contributed by atoms with van der Waals surface area (Å²) in [6.07, 6.45) is 2.05. The minimum atomic E-state index is -3.55. The molecule has 1 amide bonds. The summed E-state index contributed by atoms with van der Waals surface area (Å²) in [5.74, 6) is 0.460. The summed E-state index contributed by atoms with van der Waals surface area (Å²) in [5, 5.41) is 2.78. The van der Waals surface area contributed by atoms with E-state index in [2.05, 4.69) is 12.2 Å². The van der Waals surface area contributed by atoms with Crippen LogP contribution in [-0.2, 0) is 14.8 Å². The molecule has 156 valence electrons. The van der Waals surface area contributed by atoms with E-state index in [0.717, 1.165) is 18.6 Å². The molecule has 8 heteroatoms. The number of anilines is 1. The number of benzene rings is 2. The first kappa shape index (κ1) is 21.3. The van der Waals surface area contributed by atoms with Crippen molar-refractivity contribution >= 4 is 21.6 Å². The van der Waals surface area contributed by atoms with Crippen molar-refractivity contribution < 1.29 is 22.7 Å². The van der Waals surface area contributed by atoms with Gasteiger partial charge in [0, 0.05) is 24.3 Å². The first-order chi connectivity index (χ1) is 14.0. The van der Waals surface area contributed by atoms with E-state index < -0.39 is 10.0 Å². The molecule has 1 aliphatic rings. The number of morpholine rings is 1. The van der Waals surface area contributed by atoms with Crippen molar-refractivity contribution in [2.75, 3.05) is 38.2 Å². The van der Waals surface area contributed by atoms with Gasteiger partial charge in [-0.1, -0.05) is 13.3 Å². The van der Waals surface area contributed by atoms with E-state index >= 15 is 0 Å². The Kier molecular flexibility index (Phi) is 7.24. The molecule has 0 bridgehead atoms. The predicted octanol–water partition coefficient (Wildman–Crippen LogP) is 3.14. The lowest BCUT2D eigenvalue weighted by molar-refractivity contribution is 0.0730. The normalized spacial score (nSPS) is 15.1. The van der Waals surface area contributed by atoms with Crippen LogP contribution in [0, 0.1) is 0 Å². The first-order valence-electron chi connectivity index (χ1n) is 9.73. The van der Waals surface area contributed by atoms with Crippen molar-refractivity contribution in [2.45, 2.75) is 24.7 Å². The Morgan fingerprint density at radius 3 is 2.34 bits per heavy atom. The molecule has 0 aromatic heterocycles. The molecule has 2 aromatic carbocycles. The fourth-order valence-corrected chi connectivity index (χ4v) is 4.29. The molecule has 1 heterocycles. The van der Waals surface area contributed by atoms with Crippen LogP contribution in [-0.4, -0.2) is 51.5 Å². The van der Waals surface area contributed by atoms with Crippen molar-refractivity contribution in [2.24, 2.45) is 0 Å². The number of nitrogens with zero attached hydrogens (tertiary/aromatic N) is 1. The number of carbonyl (C=O) groups excluding carboxylic acids is 1. The molecule has 0 saturated carbocycles. The molecule has 7 nitrogen and oxygen atoms in total. The number of rotatable bonds is 8. The highest BCUT2D eigenvalue weighted by Crippen LogP contribution is 2.20. The molecule has 1 aliphatic heterocycles. The number of hydrogen-bond acceptors (Lipinski definition) is 5. The molecule has 29 heavy (non-hydrogen) atoms. The molecule has 0 unspecified atom stereocenters. The third-order valence-corrected chi connectivity index (χ3v) is 6.52. The third-order valence-electron chi connectivity index (χ3n) is 4.60. The highest BCUT2D eigenvalue weighted by molar-refractivity contribution is 7.89. The van der Waals surface area contributed by atoms with Gasteiger partial charge in [0.1, 0.15) is 5.75 Å². The maximum atomic E-state index is 12.6. The van der Waals surface area contributed by atoms with E-state index in [1.54, 1.807) is 36.4 Å². The second-order valence-corrected chi connectivity index (χ2v) is 8.66. The monoisotopic (exact) mass is 418 g/mol. The van der Waals surface area contributed by atoms with E-state index in [0.29, 0.717) is 44.2 Å². The van der Waals surface area contributed by atoms with E-state index in [1.807, 2.05) is 0 Å². The number of hydrogen-bond donors (Lipinski definition) is 1. The number of nitrogens with one attached hydrogen (secondary N) is 1. The van der Waals surface area contributed by atoms with Gasteiger partial charge in [-0.2, -0.15) is 4.31 Å². The quantitative estimate of drug-likeness (QED) is 0.666. The minimum absolute atomic E-state index is 0.200. The van der Waals surface area contributed by atoms with Crippen LogP contribution in [0.25, 0.3) is 0 Å². The molecule has 0 spiro atoms. The van der Waals surface area contributed by atoms with Gasteiger partial charge in [0.05, 0.1) is 24.7 Å². The first-order valence-corrected chi connectivity index (χ1v) is 11.2. The highest BCUT2D eigenvalue weighted by Gasteiger charge is 2.26. The van der Waals surface area contributed by atoms with E-state index in [4.69, 9.17) is 9.47 Å². The van der Waals surface area contributed by atoms with Crippen LogP contribution in [0.5, 0.6) is 5.75 Å². The van der Waals surface area contributed by atoms with Crippen LogP contribution in [0.2, 0.25) is 0 Å². The Balaban J connectivity index is 1.61. The van der Waals surface area contributed by atoms with Gasteiger partial charge in [0.25, 0.3) is 5.91 Å². The standard InChI is InChI=1S/C21H26N2O5S/c1-2-3-14-28-19-8-4-17(5-9-19)21(24)22-18-6-10-20(11-7-18)29(25,26)23-12-15-27-16-13-23/h4-11H,2-3,12-16H2,1H3,(H,22,24). The van der Waals surface area contributed by atoms with Crippen LogP contribution in [0.1, 0.15) is 30.1 Å². The van der Waals surface area contributed by atoms with Gasteiger partial charge in [0.15, 0.2) is 0 Å². The Morgan fingerprint density at radius 1 is 1.07 bits per heavy atom. The third kappa shape index (κ3) is 5.56. The fourth-order valence-electron chi connectivity index (χ4n) is 2.89. The van der Waals surface area contributed by atoms with Gasteiger partial charge in [-0.25, -0.2) is 8.42 Å². The molecular formula is C21H26N2O5S. The van der Waals surface area contributed by atoms with Crippen LogP contribution < -0.4 is 10.1 Å². The average molecular weight is 419 g/mol. The van der Waals surface area contributed by atoms with Crippen molar-refractivity contribution in [1.82, 2.24) is 4.31 Å². The molecule has 0 atom stereocenters. The van der Waals surface area contributed by atoms with E-state index in [9.17, 15) is 13.2 Å². The zero-order chi connectivity index (χ0) is 20.7. The molecule has 1 N–H and O–H groups in total. The topological polar surface area (TPSA) is 84.9 Å². The van der Waals surface area contributed by atoms with Gasteiger partial charge in [-0.05, 0) is 55.0 Å². The van der Waals surface area contributed by atoms with E-state index in [1.165, 1.54) is 16.4 Å². The molecule has 0 aliphatic carbocycles. The summed E-state index contributed by atoms with van der Waals surface area (Å²) < 4.78 is 37.5. The number of unbranched alkanes of at least 4 members (excludes halogenated alkanes) is 1. The number of ether oxygens (including phenoxy) is 2. The Bertz CT molecular complexity index is 905. The number of amides is 1. The smallest absolute Gasteiger partial charge is 0.255 e. The summed E-state index contributed by atoms with van der Waals surface area (Å²) >= 11 is 0. The second-order valence-electron chi connectivity index (χ2n) is 6.72. The minimum Gasteiger partial charge on any atom is -0.494 e. The lowest BCUT2D eigenvalue weighted by Crippen LogP contribution is -2.40. The SMILES string of the molecule is CCCCOc1ccc(C(=O)Nc2ccc(S(=O)(=O)N3CCOCC3)cc2)cc1. The highest BCUT2D eigenvalue weighted by atomic mass is 32.2. The molecule has 1 fully saturated rings. The lowest BCUT2D eigenvalue weighted by atomic mass is 10.2. The Hall–Kier alpha value is -2.42.